The SMILES string of the molecule is CCc1ccc(N2C[C@H](C(=O)OCC(=O)Nc3ccc(OC(F)F)cc3)CC2=O)cc1. The lowest BCUT2D eigenvalue weighted by molar-refractivity contribution is -0.151. The number of anilines is 2. The van der Waals surface area contributed by atoms with Gasteiger partial charge in [-0.15, -0.1) is 0 Å². The fourth-order valence-electron chi connectivity index (χ4n) is 3.20. The van der Waals surface area contributed by atoms with Gasteiger partial charge in [0.05, 0.1) is 5.92 Å². The highest BCUT2D eigenvalue weighted by Gasteiger charge is 2.36. The van der Waals surface area contributed by atoms with Gasteiger partial charge in [0.15, 0.2) is 6.61 Å². The molecule has 0 saturated carbocycles. The molecule has 0 bridgehead atoms. The molecule has 1 N–H and O–H groups in total. The number of esters is 1. The van der Waals surface area contributed by atoms with E-state index in [0.717, 1.165) is 17.7 Å². The van der Waals surface area contributed by atoms with E-state index in [1.54, 1.807) is 0 Å². The minimum absolute atomic E-state index is 0.0155. The zero-order valence-corrected chi connectivity index (χ0v) is 16.8. The average molecular weight is 432 g/mol. The van der Waals surface area contributed by atoms with Crippen LogP contribution in [0.2, 0.25) is 0 Å². The molecular formula is C22H22F2N2O5. The number of carbonyl (C=O) groups excluding carboxylic acids is 3. The first-order chi connectivity index (χ1) is 14.9. The van der Waals surface area contributed by atoms with E-state index < -0.39 is 31.0 Å². The maximum Gasteiger partial charge on any atom is 0.387 e. The number of carbonyl (C=O) groups is 3. The van der Waals surface area contributed by atoms with Crippen molar-refractivity contribution in [2.24, 2.45) is 5.92 Å². The number of nitrogens with zero attached hydrogens (tertiary/aromatic N) is 1. The molecule has 2 amide bonds. The second kappa shape index (κ2) is 10.0. The van der Waals surface area contributed by atoms with Crippen LogP contribution in [-0.2, 0) is 25.5 Å². The number of ether oxygens (including phenoxy) is 2. The molecule has 3 rings (SSSR count). The highest BCUT2D eigenvalue weighted by molar-refractivity contribution is 6.00. The van der Waals surface area contributed by atoms with Crippen LogP contribution in [0, 0.1) is 5.92 Å². The van der Waals surface area contributed by atoms with Crippen molar-refractivity contribution in [3.8, 4) is 5.75 Å². The zero-order chi connectivity index (χ0) is 22.4. The fraction of sp³-hybridized carbons (Fsp3) is 0.318. The van der Waals surface area contributed by atoms with Crippen molar-refractivity contribution in [3.63, 3.8) is 0 Å². The van der Waals surface area contributed by atoms with Crippen molar-refractivity contribution in [1.82, 2.24) is 0 Å². The van der Waals surface area contributed by atoms with Gasteiger partial charge >= 0.3 is 12.6 Å². The van der Waals surface area contributed by atoms with Crippen LogP contribution < -0.4 is 15.0 Å². The first kappa shape index (κ1) is 22.2. The molecule has 0 spiro atoms. The summed E-state index contributed by atoms with van der Waals surface area (Å²) < 4.78 is 33.6. The third kappa shape index (κ3) is 6.00. The molecule has 1 aliphatic rings. The van der Waals surface area contributed by atoms with Crippen molar-refractivity contribution < 1.29 is 32.6 Å². The Kier molecular flexibility index (Phi) is 7.17. The molecule has 0 unspecified atom stereocenters. The maximum absolute atomic E-state index is 12.3. The van der Waals surface area contributed by atoms with Crippen LogP contribution in [0.4, 0.5) is 20.2 Å². The topological polar surface area (TPSA) is 84.9 Å². The molecule has 0 aromatic heterocycles. The molecule has 1 atom stereocenters. The number of amides is 2. The van der Waals surface area contributed by atoms with Gasteiger partial charge in [0.1, 0.15) is 5.75 Å². The monoisotopic (exact) mass is 432 g/mol. The zero-order valence-electron chi connectivity index (χ0n) is 16.8. The number of alkyl halides is 2. The van der Waals surface area contributed by atoms with Crippen molar-refractivity contribution in [2.45, 2.75) is 26.4 Å². The van der Waals surface area contributed by atoms with Crippen molar-refractivity contribution in [3.05, 3.63) is 54.1 Å². The van der Waals surface area contributed by atoms with Crippen LogP contribution in [0.1, 0.15) is 18.9 Å². The van der Waals surface area contributed by atoms with Gasteiger partial charge in [0, 0.05) is 24.3 Å². The Morgan fingerprint density at radius 3 is 2.42 bits per heavy atom. The van der Waals surface area contributed by atoms with E-state index in [1.165, 1.54) is 29.2 Å². The number of halogens is 2. The Morgan fingerprint density at radius 1 is 1.13 bits per heavy atom. The highest BCUT2D eigenvalue weighted by Crippen LogP contribution is 2.26. The summed E-state index contributed by atoms with van der Waals surface area (Å²) in [6.07, 6.45) is 0.903. The smallest absolute Gasteiger partial charge is 0.387 e. The summed E-state index contributed by atoms with van der Waals surface area (Å²) in [5.74, 6) is -2.10. The van der Waals surface area contributed by atoms with Gasteiger partial charge in [-0.25, -0.2) is 0 Å². The Labute approximate surface area is 177 Å². The van der Waals surface area contributed by atoms with E-state index in [9.17, 15) is 23.2 Å². The minimum atomic E-state index is -2.94. The summed E-state index contributed by atoms with van der Waals surface area (Å²) >= 11 is 0. The molecule has 164 valence electrons. The van der Waals surface area contributed by atoms with E-state index >= 15 is 0 Å². The summed E-state index contributed by atoms with van der Waals surface area (Å²) in [5.41, 5.74) is 2.20. The molecule has 9 heteroatoms. The third-order valence-electron chi connectivity index (χ3n) is 4.82. The lowest BCUT2D eigenvalue weighted by Crippen LogP contribution is -2.28. The predicted octanol–water partition coefficient (Wildman–Crippen LogP) is 3.39. The molecule has 1 fully saturated rings. The third-order valence-corrected chi connectivity index (χ3v) is 4.82. The first-order valence-electron chi connectivity index (χ1n) is 9.76. The van der Waals surface area contributed by atoms with Crippen LogP contribution in [0.3, 0.4) is 0 Å². The van der Waals surface area contributed by atoms with Crippen LogP contribution in [0.25, 0.3) is 0 Å². The first-order valence-corrected chi connectivity index (χ1v) is 9.76. The number of aryl methyl sites for hydroxylation is 1. The number of hydrogen-bond donors (Lipinski definition) is 1. The molecule has 0 radical (unpaired) electrons. The molecule has 2 aromatic carbocycles. The summed E-state index contributed by atoms with van der Waals surface area (Å²) in [6, 6.07) is 12.9. The summed E-state index contributed by atoms with van der Waals surface area (Å²) in [4.78, 5) is 38.1. The molecule has 1 heterocycles. The van der Waals surface area contributed by atoms with Crippen molar-refractivity contribution in [2.75, 3.05) is 23.4 Å². The average Bonchev–Trinajstić information content (AvgIpc) is 3.15. The van der Waals surface area contributed by atoms with Gasteiger partial charge in [0.25, 0.3) is 5.91 Å². The molecule has 1 saturated heterocycles. The lowest BCUT2D eigenvalue weighted by atomic mass is 10.1. The molecule has 7 nitrogen and oxygen atoms in total. The van der Waals surface area contributed by atoms with Crippen LogP contribution in [-0.4, -0.2) is 37.5 Å². The number of nitrogens with one attached hydrogen (secondary N) is 1. The standard InChI is InChI=1S/C22H22F2N2O5/c1-2-14-3-7-17(8-4-14)26-12-15(11-20(26)28)21(29)30-13-19(27)25-16-5-9-18(10-6-16)31-22(23)24/h3-10,15,22H,2,11-13H2,1H3,(H,25,27)/t15-/m1/s1. The van der Waals surface area contributed by atoms with Crippen molar-refractivity contribution in [1.29, 1.82) is 0 Å². The Bertz CT molecular complexity index is 932. The fourth-order valence-corrected chi connectivity index (χ4v) is 3.20. The Balaban J connectivity index is 1.47. The van der Waals surface area contributed by atoms with E-state index in [2.05, 4.69) is 10.1 Å². The van der Waals surface area contributed by atoms with E-state index in [4.69, 9.17) is 4.74 Å². The van der Waals surface area contributed by atoms with Crippen LogP contribution in [0.15, 0.2) is 48.5 Å². The maximum atomic E-state index is 12.3. The summed E-state index contributed by atoms with van der Waals surface area (Å²) in [5, 5.41) is 2.49. The summed E-state index contributed by atoms with van der Waals surface area (Å²) in [6.45, 7) is -1.23. The quantitative estimate of drug-likeness (QED) is 0.647. The highest BCUT2D eigenvalue weighted by atomic mass is 19.3. The lowest BCUT2D eigenvalue weighted by Gasteiger charge is -2.17. The summed E-state index contributed by atoms with van der Waals surface area (Å²) in [7, 11) is 0. The number of rotatable bonds is 8. The van der Waals surface area contributed by atoms with Gasteiger partial charge in [0.2, 0.25) is 5.91 Å². The largest absolute Gasteiger partial charge is 0.455 e. The number of benzene rings is 2. The molecule has 2 aromatic rings. The molecular weight excluding hydrogens is 410 g/mol. The van der Waals surface area contributed by atoms with Gasteiger partial charge in [-0.05, 0) is 48.4 Å². The molecule has 31 heavy (non-hydrogen) atoms. The Hall–Kier alpha value is -3.49. The number of hydrogen-bond acceptors (Lipinski definition) is 5. The van der Waals surface area contributed by atoms with E-state index in [-0.39, 0.29) is 24.6 Å². The van der Waals surface area contributed by atoms with E-state index in [0.29, 0.717) is 5.69 Å². The second-order valence-electron chi connectivity index (χ2n) is 6.98. The van der Waals surface area contributed by atoms with Crippen LogP contribution in [0.5, 0.6) is 5.75 Å². The molecule has 1 aliphatic heterocycles. The normalized spacial score (nSPS) is 15.8. The van der Waals surface area contributed by atoms with Gasteiger partial charge in [-0.2, -0.15) is 8.78 Å². The van der Waals surface area contributed by atoms with Gasteiger partial charge in [-0.1, -0.05) is 19.1 Å². The minimum Gasteiger partial charge on any atom is -0.455 e. The van der Waals surface area contributed by atoms with Crippen LogP contribution >= 0.6 is 0 Å². The van der Waals surface area contributed by atoms with Gasteiger partial charge in [-0.3, -0.25) is 14.4 Å². The van der Waals surface area contributed by atoms with Gasteiger partial charge < -0.3 is 19.7 Å². The van der Waals surface area contributed by atoms with Crippen molar-refractivity contribution >= 4 is 29.2 Å². The Morgan fingerprint density at radius 2 is 1.81 bits per heavy atom. The van der Waals surface area contributed by atoms with E-state index in [1.807, 2.05) is 31.2 Å². The molecule has 0 aliphatic carbocycles. The second-order valence-corrected chi connectivity index (χ2v) is 6.98. The predicted molar refractivity (Wildman–Crippen MR) is 109 cm³/mol.